The van der Waals surface area contributed by atoms with Crippen LogP contribution in [0.2, 0.25) is 0 Å². The Kier molecular flexibility index (Phi) is 4.87. The van der Waals surface area contributed by atoms with E-state index in [1.165, 1.54) is 0 Å². The smallest absolute Gasteiger partial charge is 0.321 e. The SMILES string of the molecule is CC(C)C(NS(=O)(=O)C1CNCCO1)C(=O)O. The summed E-state index contributed by atoms with van der Waals surface area (Å²) in [5.74, 6) is -1.52. The molecule has 1 heterocycles. The Morgan fingerprint density at radius 3 is 2.59 bits per heavy atom. The molecule has 0 aromatic carbocycles. The quantitative estimate of drug-likeness (QED) is 0.587. The van der Waals surface area contributed by atoms with Gasteiger partial charge in [-0.1, -0.05) is 13.8 Å². The van der Waals surface area contributed by atoms with Crippen molar-refractivity contribution in [3.63, 3.8) is 0 Å². The predicted octanol–water partition coefficient (Wildman–Crippen LogP) is -1.04. The van der Waals surface area contributed by atoms with Crippen LogP contribution in [0.25, 0.3) is 0 Å². The monoisotopic (exact) mass is 266 g/mol. The van der Waals surface area contributed by atoms with Crippen molar-refractivity contribution in [2.24, 2.45) is 5.92 Å². The van der Waals surface area contributed by atoms with Crippen molar-refractivity contribution in [1.82, 2.24) is 10.0 Å². The van der Waals surface area contributed by atoms with Gasteiger partial charge in [0.05, 0.1) is 6.61 Å². The van der Waals surface area contributed by atoms with Crippen molar-refractivity contribution in [2.75, 3.05) is 19.7 Å². The number of carboxylic acids is 1. The number of sulfonamides is 1. The minimum absolute atomic E-state index is 0.166. The van der Waals surface area contributed by atoms with E-state index in [-0.39, 0.29) is 12.5 Å². The Hall–Kier alpha value is -0.700. The van der Waals surface area contributed by atoms with Gasteiger partial charge in [-0.05, 0) is 5.92 Å². The summed E-state index contributed by atoms with van der Waals surface area (Å²) in [6.07, 6.45) is 0. The van der Waals surface area contributed by atoms with Gasteiger partial charge in [-0.2, -0.15) is 4.72 Å². The number of carboxylic acid groups (broad SMARTS) is 1. The van der Waals surface area contributed by atoms with Gasteiger partial charge in [0.1, 0.15) is 6.04 Å². The van der Waals surface area contributed by atoms with E-state index in [0.717, 1.165) is 0 Å². The first-order chi connectivity index (χ1) is 7.84. The first-order valence-corrected chi connectivity index (χ1v) is 6.95. The summed E-state index contributed by atoms with van der Waals surface area (Å²) in [5, 5.41) is 11.8. The van der Waals surface area contributed by atoms with Crippen LogP contribution in [0.3, 0.4) is 0 Å². The molecule has 1 saturated heterocycles. The first-order valence-electron chi connectivity index (χ1n) is 5.41. The standard InChI is InChI=1S/C9H18N2O5S/c1-6(2)8(9(12)13)11-17(14,15)7-5-10-3-4-16-7/h6-8,10-11H,3-5H2,1-2H3,(H,12,13). The van der Waals surface area contributed by atoms with E-state index in [2.05, 4.69) is 10.0 Å². The Balaban J connectivity index is 2.73. The Morgan fingerprint density at radius 1 is 1.53 bits per heavy atom. The highest BCUT2D eigenvalue weighted by atomic mass is 32.2. The largest absolute Gasteiger partial charge is 0.480 e. The predicted molar refractivity (Wildman–Crippen MR) is 60.9 cm³/mol. The fourth-order valence-corrected chi connectivity index (χ4v) is 2.96. The van der Waals surface area contributed by atoms with Crippen molar-refractivity contribution >= 4 is 16.0 Å². The second kappa shape index (κ2) is 5.76. The minimum Gasteiger partial charge on any atom is -0.480 e. The maximum atomic E-state index is 11.9. The van der Waals surface area contributed by atoms with Gasteiger partial charge in [0.2, 0.25) is 10.0 Å². The van der Waals surface area contributed by atoms with E-state index in [1.54, 1.807) is 13.8 Å². The molecule has 2 atom stereocenters. The van der Waals surface area contributed by atoms with Gasteiger partial charge in [-0.15, -0.1) is 0 Å². The highest BCUT2D eigenvalue weighted by Crippen LogP contribution is 2.09. The summed E-state index contributed by atoms with van der Waals surface area (Å²) in [6.45, 7) is 4.34. The van der Waals surface area contributed by atoms with Gasteiger partial charge >= 0.3 is 5.97 Å². The maximum absolute atomic E-state index is 11.9. The molecule has 0 aliphatic carbocycles. The van der Waals surface area contributed by atoms with Crippen LogP contribution < -0.4 is 10.0 Å². The molecule has 100 valence electrons. The number of ether oxygens (including phenoxy) is 1. The fraction of sp³-hybridized carbons (Fsp3) is 0.889. The van der Waals surface area contributed by atoms with Gasteiger partial charge < -0.3 is 15.2 Å². The Labute approximate surface area is 101 Å². The lowest BCUT2D eigenvalue weighted by Crippen LogP contribution is -2.52. The third-order valence-electron chi connectivity index (χ3n) is 2.46. The summed E-state index contributed by atoms with van der Waals surface area (Å²) in [6, 6.07) is -1.13. The summed E-state index contributed by atoms with van der Waals surface area (Å²) < 4.78 is 31.0. The molecule has 1 aliphatic rings. The number of hydrogen-bond acceptors (Lipinski definition) is 5. The van der Waals surface area contributed by atoms with Crippen LogP contribution in [-0.2, 0) is 19.6 Å². The summed E-state index contributed by atoms with van der Waals surface area (Å²) in [4.78, 5) is 10.9. The van der Waals surface area contributed by atoms with E-state index >= 15 is 0 Å². The third-order valence-corrected chi connectivity index (χ3v) is 4.04. The topological polar surface area (TPSA) is 105 Å². The van der Waals surface area contributed by atoms with E-state index < -0.39 is 27.5 Å². The zero-order chi connectivity index (χ0) is 13.1. The lowest BCUT2D eigenvalue weighted by atomic mass is 10.1. The van der Waals surface area contributed by atoms with E-state index in [4.69, 9.17) is 9.84 Å². The first kappa shape index (κ1) is 14.4. The second-order valence-electron chi connectivity index (χ2n) is 4.23. The van der Waals surface area contributed by atoms with Crippen molar-refractivity contribution in [1.29, 1.82) is 0 Å². The van der Waals surface area contributed by atoms with Crippen LogP contribution in [0.15, 0.2) is 0 Å². The summed E-state index contributed by atoms with van der Waals surface area (Å²) >= 11 is 0. The molecule has 0 radical (unpaired) electrons. The zero-order valence-corrected chi connectivity index (χ0v) is 10.7. The number of carbonyl (C=O) groups is 1. The molecule has 1 fully saturated rings. The molecule has 2 unspecified atom stereocenters. The van der Waals surface area contributed by atoms with E-state index in [1.807, 2.05) is 0 Å². The molecule has 3 N–H and O–H groups in total. The van der Waals surface area contributed by atoms with Crippen LogP contribution in [0.5, 0.6) is 0 Å². The second-order valence-corrected chi connectivity index (χ2v) is 6.08. The van der Waals surface area contributed by atoms with E-state index in [9.17, 15) is 13.2 Å². The van der Waals surface area contributed by atoms with Crippen molar-refractivity contribution in [3.05, 3.63) is 0 Å². The number of morpholine rings is 1. The normalized spacial score (nSPS) is 23.6. The van der Waals surface area contributed by atoms with Gasteiger partial charge in [0.25, 0.3) is 0 Å². The van der Waals surface area contributed by atoms with Gasteiger partial charge in [0.15, 0.2) is 5.44 Å². The maximum Gasteiger partial charge on any atom is 0.321 e. The number of hydrogen-bond donors (Lipinski definition) is 3. The molecule has 1 rings (SSSR count). The lowest BCUT2D eigenvalue weighted by Gasteiger charge is -2.26. The summed E-state index contributed by atoms with van der Waals surface area (Å²) in [7, 11) is -3.79. The number of nitrogens with one attached hydrogen (secondary N) is 2. The van der Waals surface area contributed by atoms with Crippen LogP contribution in [0.4, 0.5) is 0 Å². The Morgan fingerprint density at radius 2 is 2.18 bits per heavy atom. The molecule has 17 heavy (non-hydrogen) atoms. The van der Waals surface area contributed by atoms with E-state index in [0.29, 0.717) is 13.2 Å². The lowest BCUT2D eigenvalue weighted by molar-refractivity contribution is -0.140. The highest BCUT2D eigenvalue weighted by Gasteiger charge is 2.34. The highest BCUT2D eigenvalue weighted by molar-refractivity contribution is 7.90. The van der Waals surface area contributed by atoms with Crippen molar-refractivity contribution in [3.8, 4) is 0 Å². The molecule has 0 saturated carbocycles. The van der Waals surface area contributed by atoms with Crippen LogP contribution in [-0.4, -0.2) is 50.7 Å². The van der Waals surface area contributed by atoms with Crippen molar-refractivity contribution in [2.45, 2.75) is 25.3 Å². The molecule has 0 aromatic rings. The minimum atomic E-state index is -3.79. The molecular weight excluding hydrogens is 248 g/mol. The van der Waals surface area contributed by atoms with Gasteiger partial charge in [0, 0.05) is 13.1 Å². The molecule has 0 aromatic heterocycles. The number of rotatable bonds is 5. The fourth-order valence-electron chi connectivity index (χ4n) is 1.47. The molecule has 8 heteroatoms. The van der Waals surface area contributed by atoms with Crippen molar-refractivity contribution < 1.29 is 23.1 Å². The molecular formula is C9H18N2O5S. The summed E-state index contributed by atoms with van der Waals surface area (Å²) in [5.41, 5.74) is -1.03. The molecule has 0 spiro atoms. The number of aliphatic carboxylic acids is 1. The van der Waals surface area contributed by atoms with Crippen LogP contribution >= 0.6 is 0 Å². The zero-order valence-electron chi connectivity index (χ0n) is 9.84. The molecule has 0 bridgehead atoms. The molecule has 1 aliphatic heterocycles. The van der Waals surface area contributed by atoms with Gasteiger partial charge in [-0.25, -0.2) is 8.42 Å². The Bertz CT molecular complexity index is 362. The molecule has 0 amide bonds. The average molecular weight is 266 g/mol. The third kappa shape index (κ3) is 3.91. The van der Waals surface area contributed by atoms with Crippen LogP contribution in [0, 0.1) is 5.92 Å². The molecule has 7 nitrogen and oxygen atoms in total. The van der Waals surface area contributed by atoms with Crippen LogP contribution in [0.1, 0.15) is 13.8 Å². The van der Waals surface area contributed by atoms with Gasteiger partial charge in [-0.3, -0.25) is 4.79 Å². The average Bonchev–Trinajstić information content (AvgIpc) is 2.26.